The van der Waals surface area contributed by atoms with Gasteiger partial charge < -0.3 is 10.6 Å². The van der Waals surface area contributed by atoms with Crippen molar-refractivity contribution < 1.29 is 0 Å². The Balaban J connectivity index is 0.00000117. The van der Waals surface area contributed by atoms with Gasteiger partial charge in [0.1, 0.15) is 11.6 Å². The standard InChI is InChI=1S/C21H18N6.C2H6/c22-19-8-1-9-20(26-19)27(18-7-4-12-25-15-18)21(16-5-2-10-23-13-16)17-6-3-11-24-14-17;1-2/h1-15,21H,(H2,22,26);1-2H3. The maximum atomic E-state index is 5.97. The summed E-state index contributed by atoms with van der Waals surface area (Å²) in [5.41, 5.74) is 8.90. The Kier molecular flexibility index (Phi) is 6.84. The molecule has 0 fully saturated rings. The number of nitrogens with two attached hydrogens (primary N) is 1. The number of anilines is 3. The first kappa shape index (κ1) is 19.9. The zero-order chi connectivity index (χ0) is 20.5. The zero-order valence-corrected chi connectivity index (χ0v) is 16.6. The van der Waals surface area contributed by atoms with Crippen LogP contribution in [-0.2, 0) is 0 Å². The summed E-state index contributed by atoms with van der Waals surface area (Å²) in [7, 11) is 0. The van der Waals surface area contributed by atoms with E-state index in [4.69, 9.17) is 5.73 Å². The fourth-order valence-corrected chi connectivity index (χ4v) is 3.05. The number of nitrogen functional groups attached to an aromatic ring is 1. The summed E-state index contributed by atoms with van der Waals surface area (Å²) in [5, 5.41) is 0. The van der Waals surface area contributed by atoms with Crippen molar-refractivity contribution in [2.24, 2.45) is 0 Å². The van der Waals surface area contributed by atoms with Crippen molar-refractivity contribution in [3.05, 3.63) is 103 Å². The lowest BCUT2D eigenvalue weighted by molar-refractivity contribution is 0.795. The van der Waals surface area contributed by atoms with E-state index in [2.05, 4.69) is 24.8 Å². The molecule has 4 rings (SSSR count). The predicted octanol–water partition coefficient (Wildman–Crippen LogP) is 4.80. The number of nitrogens with zero attached hydrogens (tertiary/aromatic N) is 5. The van der Waals surface area contributed by atoms with Gasteiger partial charge in [-0.3, -0.25) is 15.0 Å². The van der Waals surface area contributed by atoms with Gasteiger partial charge in [0.05, 0.1) is 17.9 Å². The van der Waals surface area contributed by atoms with E-state index in [1.54, 1.807) is 24.7 Å². The second-order valence-electron chi connectivity index (χ2n) is 5.98. The van der Waals surface area contributed by atoms with Gasteiger partial charge in [0.15, 0.2) is 0 Å². The molecule has 6 heteroatoms. The lowest BCUT2D eigenvalue weighted by Crippen LogP contribution is -2.26. The third-order valence-corrected chi connectivity index (χ3v) is 4.19. The quantitative estimate of drug-likeness (QED) is 0.532. The number of aromatic nitrogens is 4. The minimum atomic E-state index is -0.189. The lowest BCUT2D eigenvalue weighted by Gasteiger charge is -2.33. The Morgan fingerprint density at radius 3 is 1.79 bits per heavy atom. The van der Waals surface area contributed by atoms with E-state index in [1.165, 1.54) is 0 Å². The Hall–Kier alpha value is -3.80. The molecule has 0 saturated carbocycles. The van der Waals surface area contributed by atoms with Gasteiger partial charge in [0.2, 0.25) is 0 Å². The van der Waals surface area contributed by atoms with Gasteiger partial charge in [-0.25, -0.2) is 4.98 Å². The highest BCUT2D eigenvalue weighted by molar-refractivity contribution is 5.64. The SMILES string of the molecule is CC.Nc1cccc(N(c2cccnc2)C(c2cccnc2)c2cccnc2)n1. The van der Waals surface area contributed by atoms with Crippen LogP contribution >= 0.6 is 0 Å². The van der Waals surface area contributed by atoms with Crippen LogP contribution in [0.1, 0.15) is 31.0 Å². The van der Waals surface area contributed by atoms with Crippen molar-refractivity contribution in [2.75, 3.05) is 10.6 Å². The van der Waals surface area contributed by atoms with Crippen molar-refractivity contribution in [2.45, 2.75) is 19.9 Å². The highest BCUT2D eigenvalue weighted by Gasteiger charge is 2.26. The van der Waals surface area contributed by atoms with Crippen LogP contribution in [0.15, 0.2) is 91.8 Å². The van der Waals surface area contributed by atoms with Gasteiger partial charge in [-0.15, -0.1) is 0 Å². The van der Waals surface area contributed by atoms with Crippen LogP contribution in [-0.4, -0.2) is 19.9 Å². The summed E-state index contributed by atoms with van der Waals surface area (Å²) in [4.78, 5) is 19.6. The van der Waals surface area contributed by atoms with Crippen molar-refractivity contribution in [3.63, 3.8) is 0 Å². The van der Waals surface area contributed by atoms with E-state index in [9.17, 15) is 0 Å². The van der Waals surface area contributed by atoms with Crippen LogP contribution in [0.25, 0.3) is 0 Å². The van der Waals surface area contributed by atoms with E-state index in [-0.39, 0.29) is 6.04 Å². The third-order valence-electron chi connectivity index (χ3n) is 4.19. The van der Waals surface area contributed by atoms with Gasteiger partial charge in [-0.05, 0) is 47.5 Å². The molecule has 4 heterocycles. The summed E-state index contributed by atoms with van der Waals surface area (Å²) >= 11 is 0. The molecule has 0 bridgehead atoms. The molecule has 2 N–H and O–H groups in total. The lowest BCUT2D eigenvalue weighted by atomic mass is 9.99. The fraction of sp³-hybridized carbons (Fsp3) is 0.130. The molecular formula is C23H24N6. The summed E-state index contributed by atoms with van der Waals surface area (Å²) in [6, 6.07) is 17.2. The Morgan fingerprint density at radius 1 is 0.724 bits per heavy atom. The largest absolute Gasteiger partial charge is 0.384 e. The predicted molar refractivity (Wildman–Crippen MR) is 117 cm³/mol. The molecule has 4 aromatic heterocycles. The average molecular weight is 384 g/mol. The number of pyridine rings is 4. The summed E-state index contributed by atoms with van der Waals surface area (Å²) < 4.78 is 0. The molecule has 0 atom stereocenters. The third kappa shape index (κ3) is 4.73. The first-order valence-corrected chi connectivity index (χ1v) is 9.54. The molecule has 6 nitrogen and oxygen atoms in total. The van der Waals surface area contributed by atoms with Gasteiger partial charge >= 0.3 is 0 Å². The minimum absolute atomic E-state index is 0.189. The van der Waals surface area contributed by atoms with Crippen LogP contribution in [0.5, 0.6) is 0 Å². The van der Waals surface area contributed by atoms with Gasteiger partial charge in [-0.2, -0.15) is 0 Å². The Morgan fingerprint density at radius 2 is 1.31 bits per heavy atom. The van der Waals surface area contributed by atoms with E-state index >= 15 is 0 Å². The van der Waals surface area contributed by atoms with Gasteiger partial charge in [-0.1, -0.05) is 32.0 Å². The molecule has 0 aliphatic carbocycles. The highest BCUT2D eigenvalue weighted by atomic mass is 15.2. The molecule has 0 aromatic carbocycles. The van der Waals surface area contributed by atoms with Crippen molar-refractivity contribution in [1.29, 1.82) is 0 Å². The highest BCUT2D eigenvalue weighted by Crippen LogP contribution is 2.37. The van der Waals surface area contributed by atoms with Gasteiger partial charge in [0, 0.05) is 31.0 Å². The first-order valence-electron chi connectivity index (χ1n) is 9.54. The summed E-state index contributed by atoms with van der Waals surface area (Å²) in [5.74, 6) is 1.18. The van der Waals surface area contributed by atoms with Crippen LogP contribution in [0, 0.1) is 0 Å². The van der Waals surface area contributed by atoms with Crippen LogP contribution in [0.4, 0.5) is 17.3 Å². The molecule has 4 aromatic rings. The van der Waals surface area contributed by atoms with Crippen LogP contribution < -0.4 is 10.6 Å². The maximum Gasteiger partial charge on any atom is 0.136 e. The smallest absolute Gasteiger partial charge is 0.136 e. The molecule has 0 aliphatic heterocycles. The molecule has 0 unspecified atom stereocenters. The number of hydrogen-bond donors (Lipinski definition) is 1. The second kappa shape index (κ2) is 9.94. The summed E-state index contributed by atoms with van der Waals surface area (Å²) in [6.45, 7) is 4.00. The first-order chi connectivity index (χ1) is 14.3. The molecule has 0 saturated heterocycles. The summed E-state index contributed by atoms with van der Waals surface area (Å²) in [6.07, 6.45) is 10.8. The molecular weight excluding hydrogens is 360 g/mol. The topological polar surface area (TPSA) is 80.8 Å². The van der Waals surface area contributed by atoms with Crippen molar-refractivity contribution in [3.8, 4) is 0 Å². The monoisotopic (exact) mass is 384 g/mol. The molecule has 0 radical (unpaired) electrons. The Labute approximate surface area is 171 Å². The molecule has 0 aliphatic rings. The Bertz CT molecular complexity index is 954. The molecule has 146 valence electrons. The van der Waals surface area contributed by atoms with E-state index < -0.39 is 0 Å². The number of hydrogen-bond acceptors (Lipinski definition) is 6. The van der Waals surface area contributed by atoms with Gasteiger partial charge in [0.25, 0.3) is 0 Å². The molecule has 0 spiro atoms. The maximum absolute atomic E-state index is 5.97. The van der Waals surface area contributed by atoms with Crippen LogP contribution in [0.3, 0.4) is 0 Å². The van der Waals surface area contributed by atoms with Crippen molar-refractivity contribution >= 4 is 17.3 Å². The zero-order valence-electron chi connectivity index (χ0n) is 16.6. The average Bonchev–Trinajstić information content (AvgIpc) is 2.80. The number of rotatable bonds is 5. The van der Waals surface area contributed by atoms with Crippen molar-refractivity contribution in [1.82, 2.24) is 19.9 Å². The van der Waals surface area contributed by atoms with E-state index in [0.29, 0.717) is 5.82 Å². The van der Waals surface area contributed by atoms with Crippen LogP contribution in [0.2, 0.25) is 0 Å². The second-order valence-corrected chi connectivity index (χ2v) is 5.98. The normalized spacial score (nSPS) is 10.2. The minimum Gasteiger partial charge on any atom is -0.384 e. The van der Waals surface area contributed by atoms with E-state index in [1.807, 2.05) is 81.0 Å². The van der Waals surface area contributed by atoms with E-state index in [0.717, 1.165) is 22.6 Å². The molecule has 0 amide bonds. The molecule has 29 heavy (non-hydrogen) atoms. The fourth-order valence-electron chi connectivity index (χ4n) is 3.05.